The van der Waals surface area contributed by atoms with Gasteiger partial charge in [0.25, 0.3) is 0 Å². The Morgan fingerprint density at radius 1 is 1.32 bits per heavy atom. The average Bonchev–Trinajstić information content (AvgIpc) is 2.83. The van der Waals surface area contributed by atoms with Crippen molar-refractivity contribution in [1.82, 2.24) is 5.32 Å². The maximum Gasteiger partial charge on any atom is 0.0442 e. The lowest BCUT2D eigenvalue weighted by atomic mass is 10.1. The average molecular weight is 359 g/mol. The molecule has 2 rings (SSSR count). The van der Waals surface area contributed by atoms with Gasteiger partial charge in [-0.25, -0.2) is 0 Å². The van der Waals surface area contributed by atoms with Crippen LogP contribution in [0.4, 0.5) is 0 Å². The lowest BCUT2D eigenvalue weighted by molar-refractivity contribution is 0.681. The Bertz CT molecular complexity index is 565. The molecule has 1 aromatic heterocycles. The van der Waals surface area contributed by atoms with Gasteiger partial charge in [-0.2, -0.15) is 0 Å². The molecule has 0 spiro atoms. The number of hydrogen-bond acceptors (Lipinski definition) is 2. The maximum atomic E-state index is 6.22. The molecule has 0 saturated carbocycles. The van der Waals surface area contributed by atoms with Crippen LogP contribution < -0.4 is 5.32 Å². The molecule has 19 heavy (non-hydrogen) atoms. The van der Waals surface area contributed by atoms with Gasteiger partial charge in [0.05, 0.1) is 0 Å². The van der Waals surface area contributed by atoms with Gasteiger partial charge in [-0.3, -0.25) is 0 Å². The summed E-state index contributed by atoms with van der Waals surface area (Å²) in [6, 6.07) is 8.46. The van der Waals surface area contributed by atoms with Crippen molar-refractivity contribution >= 4 is 38.9 Å². The quantitative estimate of drug-likeness (QED) is 0.682. The fourth-order valence-electron chi connectivity index (χ4n) is 1.84. The number of halogens is 2. The second kappa shape index (κ2) is 6.89. The number of aryl methyl sites for hydroxylation is 1. The van der Waals surface area contributed by atoms with Crippen molar-refractivity contribution in [2.24, 2.45) is 0 Å². The Kier molecular flexibility index (Phi) is 5.46. The summed E-state index contributed by atoms with van der Waals surface area (Å²) in [5, 5.41) is 4.24. The third-order valence-corrected chi connectivity index (χ3v) is 5.08. The molecule has 1 aromatic carbocycles. The number of nitrogens with one attached hydrogen (secondary N) is 1. The minimum Gasteiger partial charge on any atom is -0.312 e. The third kappa shape index (κ3) is 3.82. The predicted octanol–water partition coefficient (Wildman–Crippen LogP) is 5.64. The van der Waals surface area contributed by atoms with E-state index in [1.165, 1.54) is 15.3 Å². The highest BCUT2D eigenvalue weighted by molar-refractivity contribution is 9.10. The highest BCUT2D eigenvalue weighted by Crippen LogP contribution is 2.36. The molecule has 0 fully saturated rings. The lowest BCUT2D eigenvalue weighted by Gasteiger charge is -2.05. The molecule has 102 valence electrons. The van der Waals surface area contributed by atoms with Crippen molar-refractivity contribution in [2.45, 2.75) is 26.8 Å². The first-order chi connectivity index (χ1) is 9.11. The number of rotatable bonds is 5. The van der Waals surface area contributed by atoms with E-state index >= 15 is 0 Å². The van der Waals surface area contributed by atoms with Crippen LogP contribution in [0.15, 0.2) is 28.7 Å². The van der Waals surface area contributed by atoms with E-state index in [0.717, 1.165) is 34.6 Å². The molecule has 0 unspecified atom stereocenters. The van der Waals surface area contributed by atoms with Crippen LogP contribution in [0.1, 0.15) is 23.8 Å². The summed E-state index contributed by atoms with van der Waals surface area (Å²) in [6.07, 6.45) is 1.16. The van der Waals surface area contributed by atoms with Crippen LogP contribution in [-0.4, -0.2) is 6.54 Å². The second-order valence-electron chi connectivity index (χ2n) is 4.52. The minimum absolute atomic E-state index is 0.817. The summed E-state index contributed by atoms with van der Waals surface area (Å²) in [6.45, 7) is 6.20. The van der Waals surface area contributed by atoms with Crippen LogP contribution in [0.5, 0.6) is 0 Å². The van der Waals surface area contributed by atoms with E-state index in [9.17, 15) is 0 Å². The largest absolute Gasteiger partial charge is 0.312 e. The molecule has 1 N–H and O–H groups in total. The fourth-order valence-corrected chi connectivity index (χ4v) is 3.82. The molecule has 0 aliphatic rings. The Labute approximate surface area is 132 Å². The first-order valence-corrected chi connectivity index (χ1v) is 8.36. The molecule has 0 radical (unpaired) electrons. The molecule has 0 amide bonds. The molecular weight excluding hydrogens is 342 g/mol. The Morgan fingerprint density at radius 2 is 2.11 bits per heavy atom. The lowest BCUT2D eigenvalue weighted by Crippen LogP contribution is -2.12. The van der Waals surface area contributed by atoms with Gasteiger partial charge in [-0.05, 0) is 49.7 Å². The van der Waals surface area contributed by atoms with Crippen LogP contribution in [0.25, 0.3) is 10.4 Å². The van der Waals surface area contributed by atoms with Crippen molar-refractivity contribution in [3.63, 3.8) is 0 Å². The molecule has 0 saturated heterocycles. The summed E-state index contributed by atoms with van der Waals surface area (Å²) in [5.41, 5.74) is 2.26. The topological polar surface area (TPSA) is 12.0 Å². The second-order valence-corrected chi connectivity index (χ2v) is 6.95. The summed E-state index contributed by atoms with van der Waals surface area (Å²) in [7, 11) is 0. The zero-order chi connectivity index (χ0) is 13.8. The predicted molar refractivity (Wildman–Crippen MR) is 89.2 cm³/mol. The maximum absolute atomic E-state index is 6.22. The molecule has 1 heterocycles. The molecule has 1 nitrogen and oxygen atoms in total. The monoisotopic (exact) mass is 357 g/mol. The van der Waals surface area contributed by atoms with E-state index in [4.69, 9.17) is 11.6 Å². The zero-order valence-corrected chi connectivity index (χ0v) is 14.3. The molecule has 2 aromatic rings. The Hall–Kier alpha value is -0.350. The number of thiophene rings is 1. The summed E-state index contributed by atoms with van der Waals surface area (Å²) < 4.78 is 1.10. The number of benzene rings is 1. The van der Waals surface area contributed by atoms with Crippen LogP contribution in [-0.2, 0) is 6.54 Å². The third-order valence-electron chi connectivity index (χ3n) is 2.90. The summed E-state index contributed by atoms with van der Waals surface area (Å²) >= 11 is 11.7. The van der Waals surface area contributed by atoms with Crippen molar-refractivity contribution in [1.29, 1.82) is 0 Å². The Balaban J connectivity index is 2.20. The molecule has 0 atom stereocenters. The first-order valence-electron chi connectivity index (χ1n) is 6.37. The molecule has 4 heteroatoms. The van der Waals surface area contributed by atoms with E-state index in [1.54, 1.807) is 0 Å². The van der Waals surface area contributed by atoms with Gasteiger partial charge in [0.15, 0.2) is 0 Å². The van der Waals surface area contributed by atoms with Crippen LogP contribution in [0, 0.1) is 6.92 Å². The van der Waals surface area contributed by atoms with Crippen molar-refractivity contribution in [2.75, 3.05) is 6.54 Å². The SMILES string of the molecule is CCCNCc1ccc(-c2cc(Cl)c(C)cc2Br)s1. The molecule has 0 aliphatic heterocycles. The van der Waals surface area contributed by atoms with Crippen molar-refractivity contribution < 1.29 is 0 Å². The van der Waals surface area contributed by atoms with Gasteiger partial charge in [-0.1, -0.05) is 34.5 Å². The van der Waals surface area contributed by atoms with E-state index in [2.05, 4.69) is 46.4 Å². The van der Waals surface area contributed by atoms with E-state index in [1.807, 2.05) is 24.3 Å². The normalized spacial score (nSPS) is 10.9. The molecule has 0 bridgehead atoms. The van der Waals surface area contributed by atoms with Crippen molar-refractivity contribution in [3.8, 4) is 10.4 Å². The van der Waals surface area contributed by atoms with Gasteiger partial charge < -0.3 is 5.32 Å². The minimum atomic E-state index is 0.817. The fraction of sp³-hybridized carbons (Fsp3) is 0.333. The van der Waals surface area contributed by atoms with Gasteiger partial charge in [0.1, 0.15) is 0 Å². The highest BCUT2D eigenvalue weighted by atomic mass is 79.9. The Morgan fingerprint density at radius 3 is 2.84 bits per heavy atom. The van der Waals surface area contributed by atoms with Crippen molar-refractivity contribution in [3.05, 3.63) is 44.2 Å². The van der Waals surface area contributed by atoms with Crippen LogP contribution in [0.2, 0.25) is 5.02 Å². The molecular formula is C15H17BrClNS. The smallest absolute Gasteiger partial charge is 0.0442 e. The zero-order valence-electron chi connectivity index (χ0n) is 11.1. The van der Waals surface area contributed by atoms with Gasteiger partial charge in [0.2, 0.25) is 0 Å². The van der Waals surface area contributed by atoms with E-state index in [0.29, 0.717) is 0 Å². The number of hydrogen-bond donors (Lipinski definition) is 1. The van der Waals surface area contributed by atoms with Gasteiger partial charge >= 0.3 is 0 Å². The van der Waals surface area contributed by atoms with E-state index < -0.39 is 0 Å². The first kappa shape index (κ1) is 15.0. The van der Waals surface area contributed by atoms with E-state index in [-0.39, 0.29) is 0 Å². The standard InChI is InChI=1S/C15H17BrClNS/c1-3-6-18-9-11-4-5-15(19-11)12-8-14(17)10(2)7-13(12)16/h4-5,7-8,18H,3,6,9H2,1-2H3. The van der Waals surface area contributed by atoms with Gasteiger partial charge in [0, 0.05) is 31.4 Å². The summed E-state index contributed by atoms with van der Waals surface area (Å²) in [5.74, 6) is 0. The van der Waals surface area contributed by atoms with Gasteiger partial charge in [-0.15, -0.1) is 11.3 Å². The highest BCUT2D eigenvalue weighted by Gasteiger charge is 2.09. The van der Waals surface area contributed by atoms with Crippen LogP contribution in [0.3, 0.4) is 0 Å². The van der Waals surface area contributed by atoms with Crippen LogP contribution >= 0.6 is 38.9 Å². The summed E-state index contributed by atoms with van der Waals surface area (Å²) in [4.78, 5) is 2.61. The molecule has 0 aliphatic carbocycles.